The summed E-state index contributed by atoms with van der Waals surface area (Å²) in [7, 11) is 0. The minimum absolute atomic E-state index is 0.263. The van der Waals surface area contributed by atoms with Crippen LogP contribution in [-0.4, -0.2) is 35.5 Å². The van der Waals surface area contributed by atoms with Crippen LogP contribution in [-0.2, 0) is 32.2 Å². The molecule has 1 aliphatic heterocycles. The van der Waals surface area contributed by atoms with Gasteiger partial charge in [-0.05, 0) is 18.1 Å². The number of hydrogen-bond acceptors (Lipinski definition) is 5. The van der Waals surface area contributed by atoms with Crippen molar-refractivity contribution >= 4 is 5.78 Å². The molecule has 0 aromatic heterocycles. The number of benzene rings is 2. The second kappa shape index (κ2) is 8.36. The molecule has 1 saturated heterocycles. The average molecular weight is 342 g/mol. The molecule has 3 unspecified atom stereocenters. The molecule has 3 rings (SSSR count). The maximum absolute atomic E-state index is 12.1. The zero-order valence-corrected chi connectivity index (χ0v) is 14.1. The molecule has 1 N–H and O–H groups in total. The lowest BCUT2D eigenvalue weighted by Crippen LogP contribution is -2.56. The first kappa shape index (κ1) is 17.8. The van der Waals surface area contributed by atoms with Crippen LogP contribution in [0, 0.1) is 0 Å². The van der Waals surface area contributed by atoms with Crippen molar-refractivity contribution in [2.75, 3.05) is 0 Å². The van der Waals surface area contributed by atoms with Crippen molar-refractivity contribution in [2.45, 2.75) is 44.7 Å². The van der Waals surface area contributed by atoms with Crippen molar-refractivity contribution in [3.63, 3.8) is 0 Å². The van der Waals surface area contributed by atoms with Crippen LogP contribution in [0.4, 0.5) is 0 Å². The van der Waals surface area contributed by atoms with Crippen LogP contribution in [0.15, 0.2) is 60.7 Å². The summed E-state index contributed by atoms with van der Waals surface area (Å²) in [6.07, 6.45) is -3.68. The minimum atomic E-state index is -1.27. The Morgan fingerprint density at radius 1 is 0.920 bits per heavy atom. The van der Waals surface area contributed by atoms with E-state index in [0.717, 1.165) is 11.1 Å². The van der Waals surface area contributed by atoms with Crippen LogP contribution in [0.2, 0.25) is 0 Å². The SMILES string of the molecule is CC1O[C@@H](OCc2ccccc2)C(OCc2ccccc2)C(O)C1=O. The summed E-state index contributed by atoms with van der Waals surface area (Å²) >= 11 is 0. The third kappa shape index (κ3) is 4.52. The van der Waals surface area contributed by atoms with Gasteiger partial charge in [-0.25, -0.2) is 0 Å². The third-order valence-corrected chi connectivity index (χ3v) is 4.15. The van der Waals surface area contributed by atoms with Crippen molar-refractivity contribution in [2.24, 2.45) is 0 Å². The normalized spacial score (nSPS) is 26.6. The number of Topliss-reactive ketones (excluding diaryl/α,β-unsaturated/α-hetero) is 1. The van der Waals surface area contributed by atoms with Gasteiger partial charge in [0.2, 0.25) is 0 Å². The summed E-state index contributed by atoms with van der Waals surface area (Å²) in [5.41, 5.74) is 1.93. The molecule has 4 atom stereocenters. The maximum Gasteiger partial charge on any atom is 0.192 e. The molecule has 2 aromatic rings. The molecule has 0 bridgehead atoms. The molecule has 2 aromatic carbocycles. The fourth-order valence-corrected chi connectivity index (χ4v) is 2.72. The second-order valence-corrected chi connectivity index (χ2v) is 6.05. The van der Waals surface area contributed by atoms with Crippen molar-refractivity contribution in [3.8, 4) is 0 Å². The highest BCUT2D eigenvalue weighted by Crippen LogP contribution is 2.23. The Morgan fingerprint density at radius 3 is 2.00 bits per heavy atom. The minimum Gasteiger partial charge on any atom is -0.382 e. The van der Waals surface area contributed by atoms with Crippen LogP contribution in [0.3, 0.4) is 0 Å². The maximum atomic E-state index is 12.1. The Kier molecular flexibility index (Phi) is 5.94. The number of carbonyl (C=O) groups is 1. The molecule has 1 fully saturated rings. The van der Waals surface area contributed by atoms with Gasteiger partial charge in [-0.15, -0.1) is 0 Å². The van der Waals surface area contributed by atoms with Gasteiger partial charge in [0.15, 0.2) is 12.1 Å². The van der Waals surface area contributed by atoms with E-state index in [2.05, 4.69) is 0 Å². The van der Waals surface area contributed by atoms with E-state index in [1.54, 1.807) is 6.92 Å². The second-order valence-electron chi connectivity index (χ2n) is 6.05. The summed E-state index contributed by atoms with van der Waals surface area (Å²) in [5, 5.41) is 10.3. The smallest absolute Gasteiger partial charge is 0.192 e. The van der Waals surface area contributed by atoms with E-state index in [0.29, 0.717) is 6.61 Å². The number of carbonyl (C=O) groups excluding carboxylic acids is 1. The molecule has 0 aliphatic carbocycles. The molecular weight excluding hydrogens is 320 g/mol. The topological polar surface area (TPSA) is 65.0 Å². The molecule has 0 saturated carbocycles. The van der Waals surface area contributed by atoms with Crippen LogP contribution < -0.4 is 0 Å². The highest BCUT2D eigenvalue weighted by atomic mass is 16.7. The lowest BCUT2D eigenvalue weighted by atomic mass is 10.0. The first-order valence-electron chi connectivity index (χ1n) is 8.33. The zero-order chi connectivity index (χ0) is 17.6. The van der Waals surface area contributed by atoms with Gasteiger partial charge in [-0.3, -0.25) is 4.79 Å². The Hall–Kier alpha value is -2.05. The fraction of sp³-hybridized carbons (Fsp3) is 0.350. The predicted octanol–water partition coefficient (Wildman–Crippen LogP) is 2.46. The molecule has 1 aliphatic rings. The molecular formula is C20H22O5. The van der Waals surface area contributed by atoms with Gasteiger partial charge in [-0.2, -0.15) is 0 Å². The quantitative estimate of drug-likeness (QED) is 0.874. The van der Waals surface area contributed by atoms with Gasteiger partial charge in [0.1, 0.15) is 18.3 Å². The standard InChI is InChI=1S/C20H22O5/c1-14-17(21)18(22)19(23-12-15-8-4-2-5-9-15)20(25-14)24-13-16-10-6-3-7-11-16/h2-11,14,18-20,22H,12-13H2,1H3/t14?,18?,19?,20-/m1/s1. The van der Waals surface area contributed by atoms with E-state index < -0.39 is 30.4 Å². The summed E-state index contributed by atoms with van der Waals surface area (Å²) in [6.45, 7) is 2.18. The Labute approximate surface area is 147 Å². The summed E-state index contributed by atoms with van der Waals surface area (Å²) < 4.78 is 17.2. The lowest BCUT2D eigenvalue weighted by molar-refractivity contribution is -0.267. The van der Waals surface area contributed by atoms with Crippen molar-refractivity contribution < 1.29 is 24.1 Å². The molecule has 0 spiro atoms. The summed E-state index contributed by atoms with van der Waals surface area (Å²) in [4.78, 5) is 12.1. The van der Waals surface area contributed by atoms with Crippen LogP contribution in [0.25, 0.3) is 0 Å². The van der Waals surface area contributed by atoms with E-state index in [9.17, 15) is 9.90 Å². The first-order chi connectivity index (χ1) is 12.1. The molecule has 25 heavy (non-hydrogen) atoms. The molecule has 5 nitrogen and oxygen atoms in total. The highest BCUT2D eigenvalue weighted by Gasteiger charge is 2.44. The number of ether oxygens (including phenoxy) is 3. The van der Waals surface area contributed by atoms with Crippen LogP contribution >= 0.6 is 0 Å². The van der Waals surface area contributed by atoms with Crippen molar-refractivity contribution in [3.05, 3.63) is 71.8 Å². The van der Waals surface area contributed by atoms with Gasteiger partial charge in [-0.1, -0.05) is 60.7 Å². The number of aliphatic hydroxyl groups is 1. The van der Waals surface area contributed by atoms with E-state index in [1.165, 1.54) is 0 Å². The molecule has 0 radical (unpaired) electrons. The van der Waals surface area contributed by atoms with Crippen LogP contribution in [0.1, 0.15) is 18.1 Å². The van der Waals surface area contributed by atoms with Crippen LogP contribution in [0.5, 0.6) is 0 Å². The Bertz CT molecular complexity index is 673. The molecule has 1 heterocycles. The number of aliphatic hydroxyl groups excluding tert-OH is 1. The van der Waals surface area contributed by atoms with E-state index >= 15 is 0 Å². The highest BCUT2D eigenvalue weighted by molar-refractivity contribution is 5.88. The lowest BCUT2D eigenvalue weighted by Gasteiger charge is -2.37. The number of ketones is 1. The molecule has 132 valence electrons. The van der Waals surface area contributed by atoms with Gasteiger partial charge in [0, 0.05) is 0 Å². The van der Waals surface area contributed by atoms with Gasteiger partial charge in [0.05, 0.1) is 13.2 Å². The summed E-state index contributed by atoms with van der Waals surface area (Å²) in [6, 6.07) is 19.2. The van der Waals surface area contributed by atoms with Crippen molar-refractivity contribution in [1.29, 1.82) is 0 Å². The predicted molar refractivity (Wildman–Crippen MR) is 91.6 cm³/mol. The first-order valence-corrected chi connectivity index (χ1v) is 8.33. The zero-order valence-electron chi connectivity index (χ0n) is 14.1. The summed E-state index contributed by atoms with van der Waals surface area (Å²) in [5.74, 6) is -0.391. The van der Waals surface area contributed by atoms with E-state index in [-0.39, 0.29) is 6.61 Å². The molecule has 0 amide bonds. The van der Waals surface area contributed by atoms with Gasteiger partial charge >= 0.3 is 0 Å². The van der Waals surface area contributed by atoms with Gasteiger partial charge in [0.25, 0.3) is 0 Å². The van der Waals surface area contributed by atoms with E-state index in [4.69, 9.17) is 14.2 Å². The number of hydrogen-bond donors (Lipinski definition) is 1. The average Bonchev–Trinajstić information content (AvgIpc) is 2.65. The van der Waals surface area contributed by atoms with Crippen molar-refractivity contribution in [1.82, 2.24) is 0 Å². The largest absolute Gasteiger partial charge is 0.382 e. The fourth-order valence-electron chi connectivity index (χ4n) is 2.72. The Morgan fingerprint density at radius 2 is 1.44 bits per heavy atom. The Balaban J connectivity index is 1.67. The number of rotatable bonds is 6. The van der Waals surface area contributed by atoms with E-state index in [1.807, 2.05) is 60.7 Å². The molecule has 5 heteroatoms. The third-order valence-electron chi connectivity index (χ3n) is 4.15. The monoisotopic (exact) mass is 342 g/mol. The van der Waals surface area contributed by atoms with Gasteiger partial charge < -0.3 is 19.3 Å².